The number of carbonyl (C=O) groups excluding carboxylic acids is 1. The number of nitrogens with zero attached hydrogens (tertiary/aromatic N) is 2. The molecule has 0 saturated heterocycles. The Bertz CT molecular complexity index is 1130. The van der Waals surface area contributed by atoms with Crippen LogP contribution in [0.1, 0.15) is 19.4 Å². The number of nitrogens with one attached hydrogen (secondary N) is 1. The monoisotopic (exact) mass is 437 g/mol. The van der Waals surface area contributed by atoms with E-state index in [1.165, 1.54) is 6.08 Å². The number of hydrogen-bond donors (Lipinski definition) is 1. The van der Waals surface area contributed by atoms with Gasteiger partial charge in [0.05, 0.1) is 24.9 Å². The molecule has 3 aromatic rings. The molecule has 31 heavy (non-hydrogen) atoms. The molecule has 0 unspecified atom stereocenters. The van der Waals surface area contributed by atoms with Crippen LogP contribution in [0, 0.1) is 17.2 Å². The van der Waals surface area contributed by atoms with Crippen LogP contribution in [0.25, 0.3) is 17.0 Å². The number of rotatable bonds is 7. The van der Waals surface area contributed by atoms with Gasteiger partial charge in [-0.05, 0) is 54.0 Å². The maximum absolute atomic E-state index is 12.7. The number of benzene rings is 2. The highest BCUT2D eigenvalue weighted by molar-refractivity contribution is 6.12. The summed E-state index contributed by atoms with van der Waals surface area (Å²) in [4.78, 5) is 17.0. The van der Waals surface area contributed by atoms with Gasteiger partial charge in [-0.15, -0.1) is 12.4 Å². The van der Waals surface area contributed by atoms with Gasteiger partial charge in [0.15, 0.2) is 11.5 Å². The van der Waals surface area contributed by atoms with Gasteiger partial charge in [0.2, 0.25) is 0 Å². The number of anilines is 1. The van der Waals surface area contributed by atoms with Crippen LogP contribution in [-0.2, 0) is 4.79 Å². The Kier molecular flexibility index (Phi) is 8.42. The number of pyridine rings is 1. The fourth-order valence-electron chi connectivity index (χ4n) is 2.87. The summed E-state index contributed by atoms with van der Waals surface area (Å²) in [6, 6.07) is 16.4. The van der Waals surface area contributed by atoms with E-state index in [1.54, 1.807) is 43.6 Å². The Morgan fingerprint density at radius 2 is 2.00 bits per heavy atom. The quantitative estimate of drug-likeness (QED) is 0.403. The highest BCUT2D eigenvalue weighted by Crippen LogP contribution is 2.29. The van der Waals surface area contributed by atoms with Gasteiger partial charge in [-0.3, -0.25) is 9.78 Å². The summed E-state index contributed by atoms with van der Waals surface area (Å²) in [5.41, 5.74) is 2.00. The van der Waals surface area contributed by atoms with Crippen LogP contribution < -0.4 is 14.8 Å². The van der Waals surface area contributed by atoms with E-state index in [-0.39, 0.29) is 18.0 Å². The zero-order chi connectivity index (χ0) is 21.5. The van der Waals surface area contributed by atoms with Crippen molar-refractivity contribution in [3.63, 3.8) is 0 Å². The maximum atomic E-state index is 12.7. The molecule has 1 heterocycles. The molecule has 1 aromatic heterocycles. The number of methoxy groups -OCH3 is 1. The second-order valence-corrected chi connectivity index (χ2v) is 7.11. The summed E-state index contributed by atoms with van der Waals surface area (Å²) in [6.45, 7) is 4.69. The molecule has 1 amide bonds. The number of hydrogen-bond acceptors (Lipinski definition) is 5. The summed E-state index contributed by atoms with van der Waals surface area (Å²) < 4.78 is 11.1. The van der Waals surface area contributed by atoms with E-state index in [9.17, 15) is 10.1 Å². The van der Waals surface area contributed by atoms with E-state index < -0.39 is 5.91 Å². The van der Waals surface area contributed by atoms with Crippen LogP contribution in [0.2, 0.25) is 0 Å². The highest BCUT2D eigenvalue weighted by atomic mass is 35.5. The molecule has 6 nitrogen and oxygen atoms in total. The molecule has 160 valence electrons. The number of ether oxygens (including phenoxy) is 2. The third kappa shape index (κ3) is 5.97. The standard InChI is InChI=1S/C24H23N3O3.ClH/c1-16(2)15-30-22-10-9-17(13-23(22)29-3)12-18(14-25)24(28)27-21-8-4-7-20-19(21)6-5-11-26-20;/h4-13,16H,15H2,1-3H3,(H,27,28);1H/b18-12+;. The Balaban J connectivity index is 0.00000341. The van der Waals surface area contributed by atoms with Crippen molar-refractivity contribution in [1.29, 1.82) is 5.26 Å². The first-order valence-corrected chi connectivity index (χ1v) is 9.59. The molecule has 0 aliphatic heterocycles. The number of nitriles is 1. The topological polar surface area (TPSA) is 84.2 Å². The van der Waals surface area contributed by atoms with Crippen LogP contribution in [0.5, 0.6) is 11.5 Å². The van der Waals surface area contributed by atoms with Crippen molar-refractivity contribution in [2.24, 2.45) is 5.92 Å². The molecule has 0 bridgehead atoms. The first-order valence-electron chi connectivity index (χ1n) is 9.59. The highest BCUT2D eigenvalue weighted by Gasteiger charge is 2.13. The van der Waals surface area contributed by atoms with Crippen LogP contribution in [0.4, 0.5) is 5.69 Å². The molecule has 3 rings (SSSR count). The van der Waals surface area contributed by atoms with Crippen LogP contribution >= 0.6 is 12.4 Å². The van der Waals surface area contributed by atoms with Gasteiger partial charge >= 0.3 is 0 Å². The summed E-state index contributed by atoms with van der Waals surface area (Å²) in [6.07, 6.45) is 3.21. The van der Waals surface area contributed by atoms with Crippen molar-refractivity contribution >= 4 is 41.0 Å². The van der Waals surface area contributed by atoms with Crippen LogP contribution in [0.3, 0.4) is 0 Å². The third-order valence-corrected chi connectivity index (χ3v) is 4.33. The molecule has 0 saturated carbocycles. The Hall–Kier alpha value is -3.56. The zero-order valence-electron chi connectivity index (χ0n) is 17.6. The van der Waals surface area contributed by atoms with Gasteiger partial charge in [-0.1, -0.05) is 26.0 Å². The average Bonchev–Trinajstić information content (AvgIpc) is 2.76. The Morgan fingerprint density at radius 3 is 2.71 bits per heavy atom. The number of halogens is 1. The number of carbonyl (C=O) groups is 1. The molecular formula is C24H24ClN3O3. The zero-order valence-corrected chi connectivity index (χ0v) is 18.4. The Morgan fingerprint density at radius 1 is 1.19 bits per heavy atom. The van der Waals surface area contributed by atoms with Gasteiger partial charge in [0.25, 0.3) is 5.91 Å². The lowest BCUT2D eigenvalue weighted by molar-refractivity contribution is -0.112. The fraction of sp³-hybridized carbons (Fsp3) is 0.208. The van der Waals surface area contributed by atoms with Crippen molar-refractivity contribution in [1.82, 2.24) is 4.98 Å². The molecule has 2 aromatic carbocycles. The van der Waals surface area contributed by atoms with Crippen molar-refractivity contribution in [2.45, 2.75) is 13.8 Å². The first kappa shape index (κ1) is 23.7. The smallest absolute Gasteiger partial charge is 0.266 e. The van der Waals surface area contributed by atoms with E-state index in [0.717, 1.165) is 10.9 Å². The molecule has 7 heteroatoms. The molecule has 0 spiro atoms. The number of amides is 1. The van der Waals surface area contributed by atoms with Gasteiger partial charge in [-0.25, -0.2) is 0 Å². The molecule has 0 aliphatic carbocycles. The summed E-state index contributed by atoms with van der Waals surface area (Å²) in [7, 11) is 1.55. The van der Waals surface area contributed by atoms with Gasteiger partial charge in [0, 0.05) is 11.6 Å². The van der Waals surface area contributed by atoms with Crippen molar-refractivity contribution < 1.29 is 14.3 Å². The van der Waals surface area contributed by atoms with E-state index in [2.05, 4.69) is 24.1 Å². The summed E-state index contributed by atoms with van der Waals surface area (Å²) >= 11 is 0. The van der Waals surface area contributed by atoms with E-state index in [1.807, 2.05) is 24.3 Å². The molecule has 0 aliphatic rings. The van der Waals surface area contributed by atoms with E-state index in [0.29, 0.717) is 35.3 Å². The third-order valence-electron chi connectivity index (χ3n) is 4.33. The average molecular weight is 438 g/mol. The van der Waals surface area contributed by atoms with Crippen molar-refractivity contribution in [3.05, 3.63) is 65.9 Å². The Labute approximate surface area is 187 Å². The maximum Gasteiger partial charge on any atom is 0.266 e. The predicted octanol–water partition coefficient (Wildman–Crippen LogP) is 5.25. The minimum atomic E-state index is -0.493. The SMILES string of the molecule is COc1cc(/C=C(\C#N)C(=O)Nc2cccc3ncccc23)ccc1OCC(C)C.Cl. The van der Waals surface area contributed by atoms with Crippen LogP contribution in [0.15, 0.2) is 60.3 Å². The second kappa shape index (κ2) is 11.0. The lowest BCUT2D eigenvalue weighted by Gasteiger charge is -2.13. The molecule has 1 N–H and O–H groups in total. The lowest BCUT2D eigenvalue weighted by Crippen LogP contribution is -2.13. The van der Waals surface area contributed by atoms with E-state index in [4.69, 9.17) is 9.47 Å². The fourth-order valence-corrected chi connectivity index (χ4v) is 2.87. The first-order chi connectivity index (χ1) is 14.5. The molecular weight excluding hydrogens is 414 g/mol. The minimum absolute atomic E-state index is 0. The van der Waals surface area contributed by atoms with Gasteiger partial charge in [0.1, 0.15) is 11.6 Å². The molecule has 0 atom stereocenters. The van der Waals surface area contributed by atoms with Crippen LogP contribution in [-0.4, -0.2) is 24.6 Å². The van der Waals surface area contributed by atoms with Gasteiger partial charge < -0.3 is 14.8 Å². The predicted molar refractivity (Wildman–Crippen MR) is 125 cm³/mol. The van der Waals surface area contributed by atoms with Crippen molar-refractivity contribution in [2.75, 3.05) is 19.0 Å². The summed E-state index contributed by atoms with van der Waals surface area (Å²) in [5.74, 6) is 1.05. The molecule has 0 fully saturated rings. The largest absolute Gasteiger partial charge is 0.493 e. The van der Waals surface area contributed by atoms with Crippen molar-refractivity contribution in [3.8, 4) is 17.6 Å². The minimum Gasteiger partial charge on any atom is -0.493 e. The molecule has 0 radical (unpaired) electrons. The van der Waals surface area contributed by atoms with E-state index >= 15 is 0 Å². The normalized spacial score (nSPS) is 10.9. The second-order valence-electron chi connectivity index (χ2n) is 7.11. The summed E-state index contributed by atoms with van der Waals surface area (Å²) in [5, 5.41) is 13.1. The number of fused-ring (bicyclic) bond motifs is 1. The number of aromatic nitrogens is 1. The lowest BCUT2D eigenvalue weighted by atomic mass is 10.1. The van der Waals surface area contributed by atoms with Gasteiger partial charge in [-0.2, -0.15) is 5.26 Å².